The molecule has 20 heavy (non-hydrogen) atoms. The van der Waals surface area contributed by atoms with Crippen molar-refractivity contribution in [1.29, 1.82) is 0 Å². The molecular formula is C12H13FN2O2S3. The van der Waals surface area contributed by atoms with Gasteiger partial charge < -0.3 is 9.84 Å². The van der Waals surface area contributed by atoms with E-state index in [4.69, 9.17) is 4.74 Å². The highest BCUT2D eigenvalue weighted by molar-refractivity contribution is 8.02. The molecule has 0 radical (unpaired) electrons. The minimum absolute atomic E-state index is 0.160. The smallest absolute Gasteiger partial charge is 0.175 e. The Hall–Kier alpha value is -0.830. The number of aliphatic hydroxyl groups is 1. The zero-order chi connectivity index (χ0) is 14.4. The van der Waals surface area contributed by atoms with E-state index in [1.165, 1.54) is 47.4 Å². The maximum absolute atomic E-state index is 12.7. The van der Waals surface area contributed by atoms with Crippen molar-refractivity contribution in [3.8, 4) is 5.75 Å². The van der Waals surface area contributed by atoms with Crippen molar-refractivity contribution in [2.75, 3.05) is 18.6 Å². The summed E-state index contributed by atoms with van der Waals surface area (Å²) in [6.07, 6.45) is 1.33. The van der Waals surface area contributed by atoms with E-state index in [0.717, 1.165) is 8.68 Å². The first-order valence-corrected chi connectivity index (χ1v) is 8.77. The molecule has 1 unspecified atom stereocenters. The van der Waals surface area contributed by atoms with Gasteiger partial charge in [0.15, 0.2) is 8.68 Å². The highest BCUT2D eigenvalue weighted by Crippen LogP contribution is 2.27. The maximum Gasteiger partial charge on any atom is 0.175 e. The quantitative estimate of drug-likeness (QED) is 0.787. The van der Waals surface area contributed by atoms with Crippen molar-refractivity contribution >= 4 is 34.9 Å². The Morgan fingerprint density at radius 2 is 2.00 bits per heavy atom. The molecule has 8 heteroatoms. The second kappa shape index (κ2) is 7.82. The van der Waals surface area contributed by atoms with Crippen LogP contribution in [0.5, 0.6) is 5.75 Å². The van der Waals surface area contributed by atoms with E-state index in [2.05, 4.69) is 10.2 Å². The Bertz CT molecular complexity index is 536. The molecule has 0 saturated carbocycles. The first-order chi connectivity index (χ1) is 9.67. The minimum atomic E-state index is -0.619. The molecule has 2 aromatic rings. The second-order valence-corrected chi connectivity index (χ2v) is 7.07. The van der Waals surface area contributed by atoms with Crippen LogP contribution in [-0.2, 0) is 0 Å². The monoisotopic (exact) mass is 332 g/mol. The van der Waals surface area contributed by atoms with Crippen LogP contribution in [0.1, 0.15) is 0 Å². The van der Waals surface area contributed by atoms with Crippen LogP contribution in [0.25, 0.3) is 0 Å². The Labute approximate surface area is 128 Å². The lowest BCUT2D eigenvalue weighted by atomic mass is 10.3. The van der Waals surface area contributed by atoms with Crippen molar-refractivity contribution in [2.24, 2.45) is 0 Å². The summed E-state index contributed by atoms with van der Waals surface area (Å²) in [6.45, 7) is 0.160. The highest BCUT2D eigenvalue weighted by Gasteiger charge is 2.09. The molecule has 108 valence electrons. The molecule has 0 bridgehead atoms. The molecule has 2 rings (SSSR count). The summed E-state index contributed by atoms with van der Waals surface area (Å²) in [5.74, 6) is 0.704. The van der Waals surface area contributed by atoms with E-state index >= 15 is 0 Å². The van der Waals surface area contributed by atoms with Gasteiger partial charge in [0.1, 0.15) is 18.2 Å². The Kier molecular flexibility index (Phi) is 6.08. The van der Waals surface area contributed by atoms with Crippen LogP contribution in [-0.4, -0.2) is 40.0 Å². The fourth-order valence-electron chi connectivity index (χ4n) is 1.28. The number of thioether (sulfide) groups is 2. The SMILES string of the molecule is CSc1nnc(SCC(O)COc2ccc(F)cc2)s1. The molecule has 4 nitrogen and oxygen atoms in total. The van der Waals surface area contributed by atoms with E-state index in [-0.39, 0.29) is 12.4 Å². The number of rotatable bonds is 7. The fourth-order valence-corrected chi connectivity index (χ4v) is 3.65. The van der Waals surface area contributed by atoms with E-state index < -0.39 is 6.10 Å². The van der Waals surface area contributed by atoms with Gasteiger partial charge in [-0.15, -0.1) is 10.2 Å². The van der Waals surface area contributed by atoms with E-state index in [1.807, 2.05) is 6.26 Å². The topological polar surface area (TPSA) is 55.2 Å². The first-order valence-electron chi connectivity index (χ1n) is 5.74. The molecule has 0 amide bonds. The summed E-state index contributed by atoms with van der Waals surface area (Å²) in [4.78, 5) is 0. The minimum Gasteiger partial charge on any atom is -0.491 e. The Morgan fingerprint density at radius 1 is 1.30 bits per heavy atom. The van der Waals surface area contributed by atoms with Gasteiger partial charge in [0.2, 0.25) is 0 Å². The van der Waals surface area contributed by atoms with Crippen LogP contribution in [0.2, 0.25) is 0 Å². The van der Waals surface area contributed by atoms with Crippen molar-refractivity contribution < 1.29 is 14.2 Å². The summed E-state index contributed by atoms with van der Waals surface area (Å²) in [6, 6.07) is 5.71. The average Bonchev–Trinajstić information content (AvgIpc) is 2.92. The number of aliphatic hydroxyl groups excluding tert-OH is 1. The van der Waals surface area contributed by atoms with Crippen molar-refractivity contribution in [1.82, 2.24) is 10.2 Å². The molecule has 1 atom stereocenters. The largest absolute Gasteiger partial charge is 0.491 e. The van der Waals surface area contributed by atoms with Crippen molar-refractivity contribution in [3.63, 3.8) is 0 Å². The number of hydrogen-bond donors (Lipinski definition) is 1. The zero-order valence-corrected chi connectivity index (χ0v) is 13.1. The number of ether oxygens (including phenoxy) is 1. The van der Waals surface area contributed by atoms with Gasteiger partial charge >= 0.3 is 0 Å². The van der Waals surface area contributed by atoms with Crippen LogP contribution in [0, 0.1) is 5.82 Å². The van der Waals surface area contributed by atoms with Crippen LogP contribution in [0.4, 0.5) is 4.39 Å². The lowest BCUT2D eigenvalue weighted by molar-refractivity contribution is 0.126. The standard InChI is InChI=1S/C12H13FN2O2S3/c1-18-11-14-15-12(20-11)19-7-9(16)6-17-10-4-2-8(13)3-5-10/h2-5,9,16H,6-7H2,1H3. The molecular weight excluding hydrogens is 319 g/mol. The number of nitrogens with zero attached hydrogens (tertiary/aromatic N) is 2. The molecule has 0 saturated heterocycles. The molecule has 0 aliphatic heterocycles. The fraction of sp³-hybridized carbons (Fsp3) is 0.333. The summed E-state index contributed by atoms with van der Waals surface area (Å²) in [7, 11) is 0. The predicted octanol–water partition coefficient (Wildman–Crippen LogP) is 2.93. The molecule has 1 N–H and O–H groups in total. The van der Waals surface area contributed by atoms with Crippen molar-refractivity contribution in [3.05, 3.63) is 30.1 Å². The van der Waals surface area contributed by atoms with Crippen LogP contribution in [0.15, 0.2) is 32.9 Å². The Morgan fingerprint density at radius 3 is 2.65 bits per heavy atom. The molecule has 0 fully saturated rings. The second-order valence-electron chi connectivity index (χ2n) is 3.77. The lowest BCUT2D eigenvalue weighted by Crippen LogP contribution is -2.20. The summed E-state index contributed by atoms with van der Waals surface area (Å²) in [5.41, 5.74) is 0. The summed E-state index contributed by atoms with van der Waals surface area (Å²) >= 11 is 4.49. The third kappa shape index (κ3) is 4.93. The third-order valence-corrected chi connectivity index (χ3v) is 5.39. The van der Waals surface area contributed by atoms with E-state index in [9.17, 15) is 9.50 Å². The predicted molar refractivity (Wildman–Crippen MR) is 80.3 cm³/mol. The molecule has 0 aliphatic rings. The number of aromatic nitrogens is 2. The Balaban J connectivity index is 1.72. The summed E-state index contributed by atoms with van der Waals surface area (Å²) in [5, 5.41) is 17.8. The summed E-state index contributed by atoms with van der Waals surface area (Å²) < 4.78 is 19.8. The number of hydrogen-bond acceptors (Lipinski definition) is 7. The highest BCUT2D eigenvalue weighted by atomic mass is 32.2. The van der Waals surface area contributed by atoms with Gasteiger partial charge in [-0.25, -0.2) is 4.39 Å². The third-order valence-electron chi connectivity index (χ3n) is 2.22. The van der Waals surface area contributed by atoms with Gasteiger partial charge in [-0.05, 0) is 30.5 Å². The first kappa shape index (κ1) is 15.6. The molecule has 0 spiro atoms. The van der Waals surface area contributed by atoms with Crippen molar-refractivity contribution in [2.45, 2.75) is 14.8 Å². The van der Waals surface area contributed by atoms with Gasteiger partial charge in [-0.3, -0.25) is 0 Å². The van der Waals surface area contributed by atoms with Gasteiger partial charge in [0.05, 0.1) is 6.10 Å². The van der Waals surface area contributed by atoms with E-state index in [0.29, 0.717) is 11.5 Å². The van der Waals surface area contributed by atoms with Gasteiger partial charge in [-0.1, -0.05) is 34.9 Å². The van der Waals surface area contributed by atoms with Gasteiger partial charge in [0, 0.05) is 5.75 Å². The van der Waals surface area contributed by atoms with Gasteiger partial charge in [-0.2, -0.15) is 0 Å². The normalized spacial score (nSPS) is 12.3. The average molecular weight is 332 g/mol. The number of benzene rings is 1. The molecule has 1 aromatic heterocycles. The molecule has 0 aliphatic carbocycles. The maximum atomic E-state index is 12.7. The zero-order valence-electron chi connectivity index (χ0n) is 10.7. The van der Waals surface area contributed by atoms with Crippen LogP contribution in [0.3, 0.4) is 0 Å². The number of halogens is 1. The van der Waals surface area contributed by atoms with Crippen LogP contribution >= 0.6 is 34.9 Å². The molecule has 1 heterocycles. The van der Waals surface area contributed by atoms with E-state index in [1.54, 1.807) is 11.8 Å². The van der Waals surface area contributed by atoms with Crippen LogP contribution < -0.4 is 4.74 Å². The van der Waals surface area contributed by atoms with Gasteiger partial charge in [0.25, 0.3) is 0 Å². The molecule has 1 aromatic carbocycles. The lowest BCUT2D eigenvalue weighted by Gasteiger charge is -2.11.